The molecule has 1 N–H and O–H groups in total. The van der Waals surface area contributed by atoms with Crippen LogP contribution in [0.25, 0.3) is 11.4 Å². The highest BCUT2D eigenvalue weighted by molar-refractivity contribution is 7.98. The summed E-state index contributed by atoms with van der Waals surface area (Å²) in [5.74, 6) is 1.20. The molecule has 0 unspecified atom stereocenters. The standard InChI is InChI=1S/C16H17F3N2O2S/c1-3-23-15(22)13-12(9-24-4-2)20-14(21-13)10-5-7-11(8-6-10)16(17,18)19/h5-8H,3-4,9H2,1-2H3,(H,20,21). The van der Waals surface area contributed by atoms with E-state index in [1.165, 1.54) is 12.1 Å². The van der Waals surface area contributed by atoms with Crippen LogP contribution in [0.1, 0.15) is 35.6 Å². The molecule has 1 aromatic carbocycles. The molecular weight excluding hydrogens is 341 g/mol. The van der Waals surface area contributed by atoms with Crippen LogP contribution in [0.3, 0.4) is 0 Å². The lowest BCUT2D eigenvalue weighted by Gasteiger charge is -2.06. The van der Waals surface area contributed by atoms with E-state index in [1.54, 1.807) is 18.7 Å². The van der Waals surface area contributed by atoms with Crippen LogP contribution in [0.4, 0.5) is 13.2 Å². The Hall–Kier alpha value is -1.96. The monoisotopic (exact) mass is 358 g/mol. The van der Waals surface area contributed by atoms with Gasteiger partial charge in [-0.25, -0.2) is 9.78 Å². The Morgan fingerprint density at radius 2 is 1.92 bits per heavy atom. The van der Waals surface area contributed by atoms with Gasteiger partial charge in [-0.05, 0) is 24.8 Å². The summed E-state index contributed by atoms with van der Waals surface area (Å²) in [6, 6.07) is 4.63. The summed E-state index contributed by atoms with van der Waals surface area (Å²) in [4.78, 5) is 19.2. The lowest BCUT2D eigenvalue weighted by Crippen LogP contribution is -2.07. The number of H-pyrrole nitrogens is 1. The van der Waals surface area contributed by atoms with Crippen molar-refractivity contribution in [3.63, 3.8) is 0 Å². The van der Waals surface area contributed by atoms with Gasteiger partial charge in [0, 0.05) is 11.3 Å². The zero-order valence-electron chi connectivity index (χ0n) is 13.2. The van der Waals surface area contributed by atoms with Gasteiger partial charge in [0.2, 0.25) is 0 Å². The molecule has 0 saturated heterocycles. The van der Waals surface area contributed by atoms with E-state index in [1.807, 2.05) is 6.92 Å². The Balaban J connectivity index is 2.34. The van der Waals surface area contributed by atoms with E-state index in [4.69, 9.17) is 4.74 Å². The van der Waals surface area contributed by atoms with Gasteiger partial charge in [0.05, 0.1) is 17.9 Å². The number of halogens is 3. The van der Waals surface area contributed by atoms with Crippen molar-refractivity contribution in [2.24, 2.45) is 0 Å². The highest BCUT2D eigenvalue weighted by Gasteiger charge is 2.30. The highest BCUT2D eigenvalue weighted by Crippen LogP contribution is 2.31. The number of benzene rings is 1. The molecule has 2 rings (SSSR count). The molecule has 24 heavy (non-hydrogen) atoms. The molecule has 0 spiro atoms. The third kappa shape index (κ3) is 4.31. The van der Waals surface area contributed by atoms with Gasteiger partial charge in [-0.1, -0.05) is 19.1 Å². The van der Waals surface area contributed by atoms with Gasteiger partial charge in [-0.2, -0.15) is 24.9 Å². The zero-order chi connectivity index (χ0) is 17.7. The first kappa shape index (κ1) is 18.4. The number of nitrogens with zero attached hydrogens (tertiary/aromatic N) is 1. The Labute approximate surface area is 141 Å². The molecule has 1 heterocycles. The van der Waals surface area contributed by atoms with Crippen LogP contribution in [0.2, 0.25) is 0 Å². The van der Waals surface area contributed by atoms with Crippen LogP contribution in [0.15, 0.2) is 24.3 Å². The SMILES string of the molecule is CCOC(=O)c1nc(-c2ccc(C(F)(F)F)cc2)[nH]c1CSCC. The first-order valence-electron chi connectivity index (χ1n) is 7.38. The summed E-state index contributed by atoms with van der Waals surface area (Å²) < 4.78 is 42.9. The number of thioether (sulfide) groups is 1. The van der Waals surface area contributed by atoms with Crippen molar-refractivity contribution in [2.45, 2.75) is 25.8 Å². The maximum absolute atomic E-state index is 12.6. The quantitative estimate of drug-likeness (QED) is 0.771. The molecule has 0 amide bonds. The number of carbonyl (C=O) groups is 1. The molecule has 0 aliphatic rings. The summed E-state index contributed by atoms with van der Waals surface area (Å²) >= 11 is 1.60. The number of alkyl halides is 3. The number of esters is 1. The topological polar surface area (TPSA) is 55.0 Å². The Morgan fingerprint density at radius 3 is 2.46 bits per heavy atom. The van der Waals surface area contributed by atoms with Crippen LogP contribution < -0.4 is 0 Å². The van der Waals surface area contributed by atoms with E-state index in [9.17, 15) is 18.0 Å². The lowest BCUT2D eigenvalue weighted by atomic mass is 10.1. The van der Waals surface area contributed by atoms with Gasteiger partial charge in [0.15, 0.2) is 5.69 Å². The number of nitrogens with one attached hydrogen (secondary N) is 1. The Morgan fingerprint density at radius 1 is 1.25 bits per heavy atom. The van der Waals surface area contributed by atoms with Gasteiger partial charge < -0.3 is 9.72 Å². The molecule has 2 aromatic rings. The van der Waals surface area contributed by atoms with Crippen LogP contribution in [-0.4, -0.2) is 28.3 Å². The maximum atomic E-state index is 12.6. The number of aromatic amines is 1. The highest BCUT2D eigenvalue weighted by atomic mass is 32.2. The van der Waals surface area contributed by atoms with Crippen molar-refractivity contribution >= 4 is 17.7 Å². The molecule has 0 atom stereocenters. The number of aromatic nitrogens is 2. The number of hydrogen-bond acceptors (Lipinski definition) is 4. The molecule has 1 aromatic heterocycles. The van der Waals surface area contributed by atoms with Crippen molar-refractivity contribution in [3.8, 4) is 11.4 Å². The lowest BCUT2D eigenvalue weighted by molar-refractivity contribution is -0.137. The van der Waals surface area contributed by atoms with Crippen molar-refractivity contribution in [1.82, 2.24) is 9.97 Å². The molecule has 130 valence electrons. The average molecular weight is 358 g/mol. The minimum Gasteiger partial charge on any atom is -0.461 e. The molecule has 0 saturated carbocycles. The second-order valence-electron chi connectivity index (χ2n) is 4.85. The van der Waals surface area contributed by atoms with Gasteiger partial charge in [-0.3, -0.25) is 0 Å². The minimum absolute atomic E-state index is 0.174. The number of hydrogen-bond donors (Lipinski definition) is 1. The summed E-state index contributed by atoms with van der Waals surface area (Å²) in [7, 11) is 0. The first-order valence-corrected chi connectivity index (χ1v) is 8.53. The zero-order valence-corrected chi connectivity index (χ0v) is 14.1. The molecule has 0 aliphatic carbocycles. The normalized spacial score (nSPS) is 11.5. The predicted octanol–water partition coefficient (Wildman–Crippen LogP) is 4.53. The van der Waals surface area contributed by atoms with E-state index in [0.717, 1.165) is 17.9 Å². The number of ether oxygens (including phenoxy) is 1. The second kappa shape index (κ2) is 7.74. The molecule has 0 aliphatic heterocycles. The van der Waals surface area contributed by atoms with Crippen molar-refractivity contribution < 1.29 is 22.7 Å². The van der Waals surface area contributed by atoms with Gasteiger partial charge in [-0.15, -0.1) is 0 Å². The van der Waals surface area contributed by atoms with E-state index < -0.39 is 17.7 Å². The van der Waals surface area contributed by atoms with E-state index in [2.05, 4.69) is 9.97 Å². The molecule has 0 bridgehead atoms. The summed E-state index contributed by atoms with van der Waals surface area (Å²) in [5.41, 5.74) is 0.523. The van der Waals surface area contributed by atoms with Gasteiger partial charge >= 0.3 is 12.1 Å². The molecule has 0 radical (unpaired) electrons. The molecular formula is C16H17F3N2O2S. The summed E-state index contributed by atoms with van der Waals surface area (Å²) in [6.07, 6.45) is -4.39. The number of rotatable bonds is 6. The molecule has 4 nitrogen and oxygen atoms in total. The van der Waals surface area contributed by atoms with E-state index in [-0.39, 0.29) is 12.3 Å². The number of carbonyl (C=O) groups excluding carboxylic acids is 1. The molecule has 8 heteroatoms. The van der Waals surface area contributed by atoms with E-state index >= 15 is 0 Å². The largest absolute Gasteiger partial charge is 0.461 e. The first-order chi connectivity index (χ1) is 11.4. The van der Waals surface area contributed by atoms with E-state index in [0.29, 0.717) is 22.8 Å². The van der Waals surface area contributed by atoms with Crippen molar-refractivity contribution in [2.75, 3.05) is 12.4 Å². The smallest absolute Gasteiger partial charge is 0.416 e. The van der Waals surface area contributed by atoms with Crippen molar-refractivity contribution in [3.05, 3.63) is 41.2 Å². The van der Waals surface area contributed by atoms with Gasteiger partial charge in [0.25, 0.3) is 0 Å². The second-order valence-corrected chi connectivity index (χ2v) is 6.12. The van der Waals surface area contributed by atoms with Crippen LogP contribution >= 0.6 is 11.8 Å². The van der Waals surface area contributed by atoms with Crippen LogP contribution in [0.5, 0.6) is 0 Å². The number of imidazole rings is 1. The minimum atomic E-state index is -4.39. The summed E-state index contributed by atoms with van der Waals surface area (Å²) in [5, 5.41) is 0. The maximum Gasteiger partial charge on any atom is 0.416 e. The average Bonchev–Trinajstić information content (AvgIpc) is 2.96. The van der Waals surface area contributed by atoms with Crippen LogP contribution in [-0.2, 0) is 16.7 Å². The molecule has 0 fully saturated rings. The third-order valence-corrected chi connectivity index (χ3v) is 4.08. The summed E-state index contributed by atoms with van der Waals surface area (Å²) in [6.45, 7) is 3.91. The third-order valence-electron chi connectivity index (χ3n) is 3.18. The fourth-order valence-electron chi connectivity index (χ4n) is 2.04. The van der Waals surface area contributed by atoms with Crippen molar-refractivity contribution in [1.29, 1.82) is 0 Å². The van der Waals surface area contributed by atoms with Crippen LogP contribution in [0, 0.1) is 0 Å². The fourth-order valence-corrected chi connectivity index (χ4v) is 2.66. The van der Waals surface area contributed by atoms with Gasteiger partial charge in [0.1, 0.15) is 5.82 Å². The predicted molar refractivity (Wildman–Crippen MR) is 86.8 cm³/mol. The fraction of sp³-hybridized carbons (Fsp3) is 0.375. The Bertz CT molecular complexity index is 696. The Kier molecular flexibility index (Phi) is 5.93.